The predicted molar refractivity (Wildman–Crippen MR) is 183 cm³/mol. The molecule has 0 nitrogen and oxygen atoms in total. The quantitative estimate of drug-likeness (QED) is 0.189. The van der Waals surface area contributed by atoms with E-state index in [1.807, 2.05) is 0 Å². The van der Waals surface area contributed by atoms with Gasteiger partial charge in [-0.05, 0) is 76.4 Å². The van der Waals surface area contributed by atoms with Crippen molar-refractivity contribution in [3.63, 3.8) is 0 Å². The summed E-state index contributed by atoms with van der Waals surface area (Å²) in [5.41, 5.74) is 13.6. The second-order valence-corrected chi connectivity index (χ2v) is 15.2. The summed E-state index contributed by atoms with van der Waals surface area (Å²) in [4.78, 5) is 0. The molecule has 0 unspecified atom stereocenters. The zero-order valence-electron chi connectivity index (χ0n) is 23.7. The number of hydrogen-bond acceptors (Lipinski definition) is 0. The molecule has 3 aliphatic rings. The second kappa shape index (κ2) is 9.39. The van der Waals surface area contributed by atoms with E-state index in [9.17, 15) is 0 Å². The molecule has 200 valence electrons. The van der Waals surface area contributed by atoms with Crippen molar-refractivity contribution in [1.29, 1.82) is 0 Å². The Bertz CT molecular complexity index is 1980. The molecule has 43 heavy (non-hydrogen) atoms. The maximum atomic E-state index is 2.40. The molecule has 1 aliphatic heterocycles. The SMILES string of the molecule is c1ccc(C2=C3C(=C4C(=C(c5ccccc5)c5ccccc54)[Si]3(c3ccccc3)c3ccccc3)c3ccccc32)cc1. The molecule has 1 heteroatoms. The molecule has 0 amide bonds. The van der Waals surface area contributed by atoms with E-state index in [-0.39, 0.29) is 0 Å². The van der Waals surface area contributed by atoms with Crippen molar-refractivity contribution in [3.8, 4) is 0 Å². The first kappa shape index (κ1) is 24.4. The van der Waals surface area contributed by atoms with E-state index in [0.29, 0.717) is 0 Å². The Morgan fingerprint density at radius 1 is 0.256 bits per heavy atom. The van der Waals surface area contributed by atoms with Crippen LogP contribution in [0.25, 0.3) is 22.3 Å². The molecule has 0 bridgehead atoms. The van der Waals surface area contributed by atoms with Crippen molar-refractivity contribution in [2.75, 3.05) is 0 Å². The molecule has 0 aromatic heterocycles. The zero-order chi connectivity index (χ0) is 28.4. The van der Waals surface area contributed by atoms with Gasteiger partial charge in [0.25, 0.3) is 0 Å². The van der Waals surface area contributed by atoms with E-state index in [0.717, 1.165) is 0 Å². The van der Waals surface area contributed by atoms with E-state index in [4.69, 9.17) is 0 Å². The van der Waals surface area contributed by atoms with Gasteiger partial charge < -0.3 is 0 Å². The van der Waals surface area contributed by atoms with Crippen molar-refractivity contribution in [3.05, 3.63) is 214 Å². The Morgan fingerprint density at radius 3 is 0.884 bits per heavy atom. The Hall–Kier alpha value is -5.24. The van der Waals surface area contributed by atoms with Crippen molar-refractivity contribution in [1.82, 2.24) is 0 Å². The zero-order valence-corrected chi connectivity index (χ0v) is 24.7. The van der Waals surface area contributed by atoms with Crippen LogP contribution in [0, 0.1) is 0 Å². The number of hydrogen-bond donors (Lipinski definition) is 0. The van der Waals surface area contributed by atoms with Gasteiger partial charge in [-0.3, -0.25) is 0 Å². The highest BCUT2D eigenvalue weighted by molar-refractivity contribution is 7.18. The van der Waals surface area contributed by atoms with Crippen LogP contribution in [-0.4, -0.2) is 8.07 Å². The fourth-order valence-electron chi connectivity index (χ4n) is 7.95. The average molecular weight is 561 g/mol. The third kappa shape index (κ3) is 3.26. The van der Waals surface area contributed by atoms with Gasteiger partial charge in [0.15, 0.2) is 8.07 Å². The largest absolute Gasteiger partial charge is 0.182 e. The fraction of sp³-hybridized carbons (Fsp3) is 0. The summed E-state index contributed by atoms with van der Waals surface area (Å²) in [6, 6.07) is 63.3. The van der Waals surface area contributed by atoms with Gasteiger partial charge in [0.05, 0.1) is 0 Å². The smallest absolute Gasteiger partial charge is 0.0623 e. The maximum Gasteiger partial charge on any atom is 0.182 e. The lowest BCUT2D eigenvalue weighted by Gasteiger charge is -2.34. The summed E-state index contributed by atoms with van der Waals surface area (Å²) >= 11 is 0. The van der Waals surface area contributed by atoms with E-state index in [1.165, 1.54) is 76.4 Å². The monoisotopic (exact) mass is 560 g/mol. The molecule has 1 heterocycles. The van der Waals surface area contributed by atoms with Crippen molar-refractivity contribution >= 4 is 40.7 Å². The average Bonchev–Trinajstić information content (AvgIpc) is 3.70. The molecule has 9 rings (SSSR count). The first-order valence-electron chi connectivity index (χ1n) is 15.0. The topological polar surface area (TPSA) is 0 Å². The van der Waals surface area contributed by atoms with E-state index < -0.39 is 8.07 Å². The lowest BCUT2D eigenvalue weighted by molar-refractivity contribution is 1.54. The van der Waals surface area contributed by atoms with Crippen LogP contribution in [0.15, 0.2) is 180 Å². The van der Waals surface area contributed by atoms with Crippen LogP contribution in [0.1, 0.15) is 33.4 Å². The van der Waals surface area contributed by atoms with E-state index in [2.05, 4.69) is 170 Å². The fourth-order valence-corrected chi connectivity index (χ4v) is 13.7. The van der Waals surface area contributed by atoms with Gasteiger partial charge in [-0.1, -0.05) is 170 Å². The van der Waals surface area contributed by atoms with Crippen LogP contribution in [-0.2, 0) is 0 Å². The van der Waals surface area contributed by atoms with Crippen molar-refractivity contribution < 1.29 is 0 Å². The molecule has 0 fully saturated rings. The normalized spacial score (nSPS) is 15.8. The van der Waals surface area contributed by atoms with Gasteiger partial charge in [-0.25, -0.2) is 0 Å². The van der Waals surface area contributed by atoms with Gasteiger partial charge in [0.1, 0.15) is 0 Å². The lowest BCUT2D eigenvalue weighted by atomic mass is 9.96. The molecule has 0 spiro atoms. The standard InChI is InChI=1S/C42H28Si/c1-5-17-29(18-6-1)37-33-25-13-15-27-35(33)39-40-36-28-16-14-26-34(36)38(30-19-7-2-8-20-30)42(40)43(41(37)39,31-21-9-3-10-22-31)32-23-11-4-12-24-32/h1-28H. The summed E-state index contributed by atoms with van der Waals surface area (Å²) in [5, 5.41) is 5.93. The summed E-state index contributed by atoms with van der Waals surface area (Å²) in [6.45, 7) is 0. The van der Waals surface area contributed by atoms with Gasteiger partial charge in [-0.15, -0.1) is 0 Å². The van der Waals surface area contributed by atoms with Crippen molar-refractivity contribution in [2.24, 2.45) is 0 Å². The molecule has 0 atom stereocenters. The summed E-state index contributed by atoms with van der Waals surface area (Å²) in [7, 11) is -2.85. The van der Waals surface area contributed by atoms with Gasteiger partial charge in [-0.2, -0.15) is 0 Å². The van der Waals surface area contributed by atoms with E-state index >= 15 is 0 Å². The molecular formula is C42H28Si. The lowest BCUT2D eigenvalue weighted by Crippen LogP contribution is -2.60. The summed E-state index contributed by atoms with van der Waals surface area (Å²) in [5.74, 6) is 0. The highest BCUT2D eigenvalue weighted by Gasteiger charge is 2.59. The highest BCUT2D eigenvalue weighted by Crippen LogP contribution is 2.63. The minimum Gasteiger partial charge on any atom is -0.0623 e. The molecule has 0 saturated heterocycles. The van der Waals surface area contributed by atoms with Gasteiger partial charge >= 0.3 is 0 Å². The summed E-state index contributed by atoms with van der Waals surface area (Å²) < 4.78 is 0. The van der Waals surface area contributed by atoms with Crippen molar-refractivity contribution in [2.45, 2.75) is 0 Å². The first-order valence-corrected chi connectivity index (χ1v) is 17.0. The first-order chi connectivity index (χ1) is 21.4. The Morgan fingerprint density at radius 2 is 0.535 bits per heavy atom. The predicted octanol–water partition coefficient (Wildman–Crippen LogP) is 8.58. The third-order valence-electron chi connectivity index (χ3n) is 9.47. The number of benzene rings is 6. The van der Waals surface area contributed by atoms with Crippen LogP contribution in [0.4, 0.5) is 0 Å². The van der Waals surface area contributed by atoms with Crippen LogP contribution >= 0.6 is 0 Å². The molecular weight excluding hydrogens is 533 g/mol. The van der Waals surface area contributed by atoms with Crippen LogP contribution in [0.5, 0.6) is 0 Å². The molecule has 0 N–H and O–H groups in total. The van der Waals surface area contributed by atoms with Crippen LogP contribution < -0.4 is 10.4 Å². The maximum absolute atomic E-state index is 2.85. The van der Waals surface area contributed by atoms with Crippen LogP contribution in [0.3, 0.4) is 0 Å². The Balaban J connectivity index is 1.58. The molecule has 0 saturated carbocycles. The van der Waals surface area contributed by atoms with E-state index in [1.54, 1.807) is 0 Å². The summed E-state index contributed by atoms with van der Waals surface area (Å²) in [6.07, 6.45) is 0. The number of allylic oxidation sites excluding steroid dienone is 4. The van der Waals surface area contributed by atoms with Gasteiger partial charge in [0, 0.05) is 0 Å². The minimum atomic E-state index is -2.85. The third-order valence-corrected chi connectivity index (χ3v) is 14.4. The number of fused-ring (bicyclic) bond motifs is 6. The molecule has 6 aromatic rings. The Labute approximate surface area is 253 Å². The minimum absolute atomic E-state index is 1.29. The highest BCUT2D eigenvalue weighted by atomic mass is 28.3. The van der Waals surface area contributed by atoms with Crippen LogP contribution in [0.2, 0.25) is 0 Å². The Kier molecular flexibility index (Phi) is 5.32. The molecule has 0 radical (unpaired) electrons. The number of rotatable bonds is 4. The molecule has 2 aliphatic carbocycles. The van der Waals surface area contributed by atoms with Gasteiger partial charge in [0.2, 0.25) is 0 Å². The molecule has 6 aromatic carbocycles. The second-order valence-electron chi connectivity index (χ2n) is 11.6.